The number of ether oxygens (including phenoxy) is 3. The fourth-order valence-electron chi connectivity index (χ4n) is 10.9. The standard InChI is InChI=1S/C29H31O3S.C16H22F4O6S/c1-4-29(15-9-10-16-29)32-27(30)19-31-28-20(2)17-22(18-21(28)3)33-25-13-7-5-11-23(25)24-12-6-8-14-26(24)33;1-9(15(17,18)16(19,20)27(23,24)25)26-12(21)7-13-3-10-2-11(4-13)6-14(22,5-10)8-13/h5-8,11-14,17-18H,4,9-10,15-16,19H2,1-3H3;9-11,22H,2-8H2,1H3,(H,23,24,25)/q+1;/p-1. The molecular weight excluding hydrogens is 825 g/mol. The van der Waals surface area contributed by atoms with Crippen LogP contribution in [0.1, 0.15) is 102 Å². The van der Waals surface area contributed by atoms with Gasteiger partial charge in [-0.15, -0.1) is 0 Å². The third-order valence-electron chi connectivity index (χ3n) is 13.2. The average Bonchev–Trinajstić information content (AvgIpc) is 3.76. The lowest BCUT2D eigenvalue weighted by Crippen LogP contribution is -2.57. The number of carbonyl (C=O) groups excluding carboxylic acids is 2. The van der Waals surface area contributed by atoms with Gasteiger partial charge in [-0.1, -0.05) is 31.2 Å². The van der Waals surface area contributed by atoms with Gasteiger partial charge in [-0.25, -0.2) is 13.2 Å². The molecule has 1 N–H and O–H groups in total. The Bertz CT molecular complexity index is 2300. The van der Waals surface area contributed by atoms with Gasteiger partial charge < -0.3 is 23.9 Å². The minimum Gasteiger partial charge on any atom is -0.743 e. The van der Waals surface area contributed by atoms with Gasteiger partial charge in [0, 0.05) is 33.4 Å². The lowest BCUT2D eigenvalue weighted by atomic mass is 9.47. The summed E-state index contributed by atoms with van der Waals surface area (Å²) < 4.78 is 105. The molecule has 0 aliphatic heterocycles. The van der Waals surface area contributed by atoms with Crippen molar-refractivity contribution in [2.75, 3.05) is 6.61 Å². The molecule has 3 unspecified atom stereocenters. The van der Waals surface area contributed by atoms with E-state index in [0.717, 1.165) is 55.4 Å². The smallest absolute Gasteiger partial charge is 0.400 e. The highest BCUT2D eigenvalue weighted by Crippen LogP contribution is 2.63. The van der Waals surface area contributed by atoms with E-state index in [9.17, 15) is 45.2 Å². The van der Waals surface area contributed by atoms with Crippen molar-refractivity contribution in [2.45, 2.75) is 133 Å². The maximum absolute atomic E-state index is 13.8. The molecule has 5 saturated carbocycles. The van der Waals surface area contributed by atoms with Crippen LogP contribution in [0.2, 0.25) is 0 Å². The van der Waals surface area contributed by atoms with Gasteiger partial charge >= 0.3 is 23.1 Å². The zero-order valence-corrected chi connectivity index (χ0v) is 35.9. The Morgan fingerprint density at radius 2 is 1.43 bits per heavy atom. The van der Waals surface area contributed by atoms with Crippen molar-refractivity contribution in [1.82, 2.24) is 0 Å². The van der Waals surface area contributed by atoms with Gasteiger partial charge in [0.2, 0.25) is 0 Å². The van der Waals surface area contributed by atoms with Crippen LogP contribution in [0, 0.1) is 31.1 Å². The van der Waals surface area contributed by atoms with E-state index in [0.29, 0.717) is 39.0 Å². The Labute approximate surface area is 350 Å². The fraction of sp³-hybridized carbons (Fsp3) is 0.556. The number of fused-ring (bicyclic) bond motifs is 3. The van der Waals surface area contributed by atoms with Crippen molar-refractivity contribution < 1.29 is 59.4 Å². The molecule has 15 heteroatoms. The van der Waals surface area contributed by atoms with Crippen molar-refractivity contribution in [3.8, 4) is 10.6 Å². The van der Waals surface area contributed by atoms with E-state index in [1.807, 2.05) is 0 Å². The number of aryl methyl sites for hydroxylation is 2. The van der Waals surface area contributed by atoms with Crippen LogP contribution < -0.4 is 4.74 Å². The zero-order chi connectivity index (χ0) is 43.5. The van der Waals surface area contributed by atoms with Gasteiger partial charge in [-0.05, 0) is 144 Å². The largest absolute Gasteiger partial charge is 0.743 e. The first-order valence-electron chi connectivity index (χ1n) is 20.6. The van der Waals surface area contributed by atoms with Crippen LogP contribution in [0.4, 0.5) is 17.6 Å². The molecule has 9 nitrogen and oxygen atoms in total. The molecule has 5 fully saturated rings. The molecule has 1 heterocycles. The second kappa shape index (κ2) is 16.2. The topological polar surface area (TPSA) is 139 Å². The quantitative estimate of drug-likeness (QED) is 0.0638. The number of alkyl halides is 4. The van der Waals surface area contributed by atoms with Crippen molar-refractivity contribution in [1.29, 1.82) is 0 Å². The fourth-order valence-corrected chi connectivity index (χ4v) is 14.0. The summed E-state index contributed by atoms with van der Waals surface area (Å²) in [5.74, 6) is -5.58. The number of thiophene rings is 1. The molecule has 0 radical (unpaired) electrons. The molecule has 5 aliphatic rings. The molecule has 0 saturated heterocycles. The normalized spacial score (nSPS) is 25.2. The Kier molecular flexibility index (Phi) is 11.9. The summed E-state index contributed by atoms with van der Waals surface area (Å²) in [4.78, 5) is 26.0. The van der Waals surface area contributed by atoms with E-state index in [4.69, 9.17) is 9.47 Å². The second-order valence-electron chi connectivity index (χ2n) is 17.8. The number of carbonyl (C=O) groups is 2. The summed E-state index contributed by atoms with van der Waals surface area (Å²) >= 11 is 0. The molecule has 5 aliphatic carbocycles. The molecule has 4 bridgehead atoms. The van der Waals surface area contributed by atoms with E-state index in [2.05, 4.69) is 86.2 Å². The maximum atomic E-state index is 13.8. The lowest BCUT2D eigenvalue weighted by Gasteiger charge is -2.60. The Morgan fingerprint density at radius 1 is 0.900 bits per heavy atom. The van der Waals surface area contributed by atoms with E-state index in [1.165, 1.54) is 25.1 Å². The molecular formula is C45H52F4O9S2. The van der Waals surface area contributed by atoms with Crippen LogP contribution in [0.25, 0.3) is 25.1 Å². The first-order valence-corrected chi connectivity index (χ1v) is 23.3. The Morgan fingerprint density at radius 3 is 1.93 bits per heavy atom. The lowest BCUT2D eigenvalue weighted by molar-refractivity contribution is -0.226. The highest BCUT2D eigenvalue weighted by Gasteiger charge is 2.66. The highest BCUT2D eigenvalue weighted by atomic mass is 32.2. The molecule has 9 rings (SSSR count). The third kappa shape index (κ3) is 8.40. The van der Waals surface area contributed by atoms with Crippen LogP contribution in [0.3, 0.4) is 0 Å². The van der Waals surface area contributed by atoms with E-state index in [-0.39, 0.29) is 46.9 Å². The zero-order valence-electron chi connectivity index (χ0n) is 34.2. The van der Waals surface area contributed by atoms with Crippen molar-refractivity contribution >= 4 is 52.7 Å². The summed E-state index contributed by atoms with van der Waals surface area (Å²) in [5.41, 5.74) is 0.303. The monoisotopic (exact) mass is 876 g/mol. The Balaban J connectivity index is 0.000000186. The van der Waals surface area contributed by atoms with Gasteiger partial charge in [-0.2, -0.15) is 17.6 Å². The van der Waals surface area contributed by atoms with Crippen molar-refractivity contribution in [3.63, 3.8) is 0 Å². The number of hydrogen-bond donors (Lipinski definition) is 1. The molecule has 4 aromatic rings. The molecule has 326 valence electrons. The van der Waals surface area contributed by atoms with Crippen LogP contribution >= 0.6 is 10.5 Å². The first-order chi connectivity index (χ1) is 28.1. The first kappa shape index (κ1) is 44.3. The van der Waals surface area contributed by atoms with Gasteiger partial charge in [0.15, 0.2) is 37.1 Å². The molecule has 0 spiro atoms. The number of rotatable bonds is 12. The van der Waals surface area contributed by atoms with E-state index < -0.39 is 44.4 Å². The SMILES string of the molecule is CC(OC(=O)CC12CC3CC(CC(O)(C3)C1)C2)C(F)(F)C(F)(F)S(=O)(=O)[O-].CCC1(OC(=O)COc2c(C)cc(-[s+]3c4ccccc4c4ccccc43)cc2C)CCCC1. The molecule has 1 aromatic heterocycles. The number of esters is 2. The summed E-state index contributed by atoms with van der Waals surface area (Å²) in [7, 11) is -6.79. The maximum Gasteiger partial charge on any atom is 0.400 e. The molecule has 60 heavy (non-hydrogen) atoms. The minimum absolute atomic E-state index is 0.0415. The average molecular weight is 877 g/mol. The number of halogens is 4. The van der Waals surface area contributed by atoms with Crippen molar-refractivity contribution in [3.05, 3.63) is 71.8 Å². The predicted octanol–water partition coefficient (Wildman–Crippen LogP) is 10.4. The summed E-state index contributed by atoms with van der Waals surface area (Å²) in [6, 6.07) is 21.9. The number of benzene rings is 3. The Hall–Kier alpha value is -3.79. The number of hydrogen-bond acceptors (Lipinski definition) is 9. The molecule has 0 amide bonds. The predicted molar refractivity (Wildman–Crippen MR) is 220 cm³/mol. The van der Waals surface area contributed by atoms with Crippen molar-refractivity contribution in [2.24, 2.45) is 17.3 Å². The third-order valence-corrected chi connectivity index (χ3v) is 16.4. The van der Waals surface area contributed by atoms with Gasteiger partial charge in [-0.3, -0.25) is 4.79 Å². The summed E-state index contributed by atoms with van der Waals surface area (Å²) in [6.45, 7) is 6.62. The van der Waals surface area contributed by atoms with Crippen LogP contribution in [-0.4, -0.2) is 65.1 Å². The van der Waals surface area contributed by atoms with Crippen LogP contribution in [0.15, 0.2) is 60.7 Å². The summed E-state index contributed by atoms with van der Waals surface area (Å²) in [6.07, 6.45) is 5.69. The molecule has 3 atom stereocenters. The van der Waals surface area contributed by atoms with Crippen LogP contribution in [-0.2, 0) is 29.2 Å². The minimum atomic E-state index is -6.65. The van der Waals surface area contributed by atoms with Gasteiger partial charge in [0.05, 0.1) is 12.0 Å². The second-order valence-corrected chi connectivity index (χ2v) is 21.2. The van der Waals surface area contributed by atoms with Gasteiger partial charge in [0.25, 0.3) is 0 Å². The van der Waals surface area contributed by atoms with Gasteiger partial charge in [0.1, 0.15) is 11.4 Å². The van der Waals surface area contributed by atoms with Crippen LogP contribution in [0.5, 0.6) is 5.75 Å². The van der Waals surface area contributed by atoms with E-state index in [1.54, 1.807) is 0 Å². The highest BCUT2D eigenvalue weighted by molar-refractivity contribution is 7.86. The number of aliphatic hydroxyl groups is 1. The summed E-state index contributed by atoms with van der Waals surface area (Å²) in [5, 5.41) is 7.36. The van der Waals surface area contributed by atoms with E-state index >= 15 is 0 Å². The molecule has 3 aromatic carbocycles.